The lowest BCUT2D eigenvalue weighted by Crippen LogP contribution is -2.38. The van der Waals surface area contributed by atoms with Crippen molar-refractivity contribution in [1.29, 1.82) is 0 Å². The topological polar surface area (TPSA) is 71.7 Å². The third kappa shape index (κ3) is 6.15. The number of aliphatic imine (C=N–C) groups is 1. The van der Waals surface area contributed by atoms with Crippen LogP contribution in [0.1, 0.15) is 56.0 Å². The van der Waals surface area contributed by atoms with E-state index in [9.17, 15) is 0 Å². The number of nitrogens with one attached hydrogen (secondary N) is 2. The molecule has 0 amide bonds. The third-order valence-corrected chi connectivity index (χ3v) is 4.26. The second-order valence-electron chi connectivity index (χ2n) is 6.66. The van der Waals surface area contributed by atoms with E-state index in [1.807, 2.05) is 13.8 Å². The number of aryl methyl sites for hydroxylation is 2. The van der Waals surface area contributed by atoms with Gasteiger partial charge in [-0.15, -0.1) is 0 Å². The van der Waals surface area contributed by atoms with Gasteiger partial charge in [0.15, 0.2) is 5.96 Å². The second-order valence-corrected chi connectivity index (χ2v) is 6.66. The summed E-state index contributed by atoms with van der Waals surface area (Å²) in [6.07, 6.45) is 3.69. The summed E-state index contributed by atoms with van der Waals surface area (Å²) < 4.78 is 10.9. The Labute approximate surface area is 145 Å². The molecule has 1 fully saturated rings. The van der Waals surface area contributed by atoms with Crippen LogP contribution in [0.3, 0.4) is 0 Å². The van der Waals surface area contributed by atoms with E-state index in [0.29, 0.717) is 6.54 Å². The van der Waals surface area contributed by atoms with Crippen molar-refractivity contribution in [1.82, 2.24) is 15.8 Å². The number of hydrogen-bond donors (Lipinski definition) is 2. The molecule has 0 aromatic carbocycles. The van der Waals surface area contributed by atoms with E-state index in [1.165, 1.54) is 18.4 Å². The molecule has 0 radical (unpaired) electrons. The zero-order valence-corrected chi connectivity index (χ0v) is 15.5. The predicted octanol–water partition coefficient (Wildman–Crippen LogP) is 2.77. The molecule has 0 bridgehead atoms. The summed E-state index contributed by atoms with van der Waals surface area (Å²) in [5, 5.41) is 10.7. The van der Waals surface area contributed by atoms with Crippen molar-refractivity contribution in [2.24, 2.45) is 10.9 Å². The average Bonchev–Trinajstić information content (AvgIpc) is 3.32. The van der Waals surface area contributed by atoms with E-state index < -0.39 is 0 Å². The minimum atomic E-state index is 0.286. The minimum absolute atomic E-state index is 0.286. The number of rotatable bonds is 10. The maximum atomic E-state index is 5.66. The van der Waals surface area contributed by atoms with Gasteiger partial charge in [0.25, 0.3) is 0 Å². The maximum absolute atomic E-state index is 5.66. The van der Waals surface area contributed by atoms with Gasteiger partial charge in [0, 0.05) is 44.3 Å². The molecule has 1 atom stereocenters. The van der Waals surface area contributed by atoms with Crippen LogP contribution in [0.5, 0.6) is 0 Å². The maximum Gasteiger partial charge on any atom is 0.191 e. The zero-order valence-electron chi connectivity index (χ0n) is 15.5. The van der Waals surface area contributed by atoms with Gasteiger partial charge in [-0.3, -0.25) is 4.99 Å². The van der Waals surface area contributed by atoms with Gasteiger partial charge in [-0.2, -0.15) is 0 Å². The molecule has 0 aliphatic heterocycles. The van der Waals surface area contributed by atoms with Crippen molar-refractivity contribution in [3.05, 3.63) is 17.0 Å². The number of hydrogen-bond acceptors (Lipinski definition) is 4. The Morgan fingerprint density at radius 1 is 1.38 bits per heavy atom. The normalized spacial score (nSPS) is 16.2. The van der Waals surface area contributed by atoms with Crippen molar-refractivity contribution in [2.45, 2.75) is 52.9 Å². The molecule has 2 rings (SSSR count). The standard InChI is InChI=1S/C18H32N4O2/c1-5-19-18(20-9-6-10-23-12-16-7-8-16)21-11-13(2)17-14(3)22-24-15(17)4/h13,16H,5-12H2,1-4H3,(H2,19,20,21). The zero-order chi connectivity index (χ0) is 17.4. The minimum Gasteiger partial charge on any atom is -0.381 e. The first-order valence-corrected chi connectivity index (χ1v) is 9.14. The number of nitrogens with zero attached hydrogens (tertiary/aromatic N) is 2. The lowest BCUT2D eigenvalue weighted by Gasteiger charge is -2.13. The summed E-state index contributed by atoms with van der Waals surface area (Å²) in [7, 11) is 0. The largest absolute Gasteiger partial charge is 0.381 e. The van der Waals surface area contributed by atoms with Gasteiger partial charge in [-0.25, -0.2) is 0 Å². The molecule has 136 valence electrons. The summed E-state index contributed by atoms with van der Waals surface area (Å²) in [5.74, 6) is 2.87. The van der Waals surface area contributed by atoms with Crippen LogP contribution in [0.2, 0.25) is 0 Å². The van der Waals surface area contributed by atoms with E-state index in [2.05, 4.69) is 29.6 Å². The first kappa shape index (κ1) is 18.8. The lowest BCUT2D eigenvalue weighted by atomic mass is 10.00. The predicted molar refractivity (Wildman–Crippen MR) is 96.5 cm³/mol. The van der Waals surface area contributed by atoms with Crippen LogP contribution in [-0.2, 0) is 4.74 Å². The van der Waals surface area contributed by atoms with Gasteiger partial charge in [-0.1, -0.05) is 12.1 Å². The van der Waals surface area contributed by atoms with E-state index in [4.69, 9.17) is 14.3 Å². The van der Waals surface area contributed by atoms with Crippen LogP contribution in [-0.4, -0.2) is 44.0 Å². The van der Waals surface area contributed by atoms with Gasteiger partial charge >= 0.3 is 0 Å². The highest BCUT2D eigenvalue weighted by Crippen LogP contribution is 2.28. The van der Waals surface area contributed by atoms with E-state index in [0.717, 1.165) is 56.1 Å². The van der Waals surface area contributed by atoms with Crippen molar-refractivity contribution >= 4 is 5.96 Å². The summed E-state index contributed by atoms with van der Waals surface area (Å²) >= 11 is 0. The van der Waals surface area contributed by atoms with Crippen LogP contribution in [0.25, 0.3) is 0 Å². The molecule has 1 saturated carbocycles. The molecule has 1 aromatic rings. The fourth-order valence-corrected chi connectivity index (χ4v) is 2.77. The Kier molecular flexibility index (Phi) is 7.56. The smallest absolute Gasteiger partial charge is 0.191 e. The Balaban J connectivity index is 1.72. The fraction of sp³-hybridized carbons (Fsp3) is 0.778. The Morgan fingerprint density at radius 2 is 2.17 bits per heavy atom. The monoisotopic (exact) mass is 336 g/mol. The van der Waals surface area contributed by atoms with Crippen LogP contribution in [0, 0.1) is 19.8 Å². The molecular weight excluding hydrogens is 304 g/mol. The van der Waals surface area contributed by atoms with Crippen LogP contribution < -0.4 is 10.6 Å². The number of guanidine groups is 1. The van der Waals surface area contributed by atoms with Crippen molar-refractivity contribution in [3.63, 3.8) is 0 Å². The molecular formula is C18H32N4O2. The third-order valence-electron chi connectivity index (χ3n) is 4.26. The molecule has 0 spiro atoms. The molecule has 2 N–H and O–H groups in total. The van der Waals surface area contributed by atoms with Gasteiger partial charge < -0.3 is 19.9 Å². The molecule has 1 unspecified atom stereocenters. The summed E-state index contributed by atoms with van der Waals surface area (Å²) in [5.41, 5.74) is 2.13. The molecule has 1 aromatic heterocycles. The number of ether oxygens (including phenoxy) is 1. The highest BCUT2D eigenvalue weighted by molar-refractivity contribution is 5.79. The Morgan fingerprint density at radius 3 is 2.79 bits per heavy atom. The summed E-state index contributed by atoms with van der Waals surface area (Å²) in [6, 6.07) is 0. The molecule has 1 aliphatic carbocycles. The molecule has 0 saturated heterocycles. The van der Waals surface area contributed by atoms with Crippen LogP contribution >= 0.6 is 0 Å². The Bertz CT molecular complexity index is 504. The van der Waals surface area contributed by atoms with Crippen LogP contribution in [0.15, 0.2) is 9.52 Å². The average molecular weight is 336 g/mol. The Hall–Kier alpha value is -1.56. The van der Waals surface area contributed by atoms with Gasteiger partial charge in [0.05, 0.1) is 5.69 Å². The molecule has 24 heavy (non-hydrogen) atoms. The second kappa shape index (κ2) is 9.67. The van der Waals surface area contributed by atoms with Gasteiger partial charge in [0.2, 0.25) is 0 Å². The summed E-state index contributed by atoms with van der Waals surface area (Å²) in [4.78, 5) is 4.69. The molecule has 1 aliphatic rings. The summed E-state index contributed by atoms with van der Waals surface area (Å²) in [6.45, 7) is 12.4. The van der Waals surface area contributed by atoms with Crippen molar-refractivity contribution in [2.75, 3.05) is 32.8 Å². The van der Waals surface area contributed by atoms with Crippen LogP contribution in [0.4, 0.5) is 0 Å². The fourth-order valence-electron chi connectivity index (χ4n) is 2.77. The molecule has 6 nitrogen and oxygen atoms in total. The van der Waals surface area contributed by atoms with Gasteiger partial charge in [-0.05, 0) is 46.0 Å². The lowest BCUT2D eigenvalue weighted by molar-refractivity contribution is 0.123. The molecule has 1 heterocycles. The SMILES string of the molecule is CCNC(=NCC(C)c1c(C)noc1C)NCCCOCC1CC1. The highest BCUT2D eigenvalue weighted by Gasteiger charge is 2.20. The molecule has 6 heteroatoms. The first-order valence-electron chi connectivity index (χ1n) is 9.14. The first-order chi connectivity index (χ1) is 11.6. The highest BCUT2D eigenvalue weighted by atomic mass is 16.5. The van der Waals surface area contributed by atoms with Crippen molar-refractivity contribution < 1.29 is 9.26 Å². The quantitative estimate of drug-likeness (QED) is 0.390. The number of aromatic nitrogens is 1. The van der Waals surface area contributed by atoms with E-state index in [1.54, 1.807) is 0 Å². The van der Waals surface area contributed by atoms with Gasteiger partial charge in [0.1, 0.15) is 5.76 Å². The van der Waals surface area contributed by atoms with E-state index in [-0.39, 0.29) is 5.92 Å². The van der Waals surface area contributed by atoms with Crippen molar-refractivity contribution in [3.8, 4) is 0 Å². The van der Waals surface area contributed by atoms with E-state index >= 15 is 0 Å².